The van der Waals surface area contributed by atoms with Crippen LogP contribution in [0.1, 0.15) is 31.2 Å². The van der Waals surface area contributed by atoms with Crippen LogP contribution in [0.25, 0.3) is 0 Å². The molecule has 3 N–H and O–H groups in total. The monoisotopic (exact) mass is 297 g/mol. The first kappa shape index (κ1) is 15.1. The fourth-order valence-corrected chi connectivity index (χ4v) is 2.64. The number of hydrogen-bond donors (Lipinski definition) is 3. The molecule has 0 aliphatic heterocycles. The van der Waals surface area contributed by atoms with E-state index in [4.69, 9.17) is 11.6 Å². The molecule has 20 heavy (non-hydrogen) atoms. The number of hydrogen-bond acceptors (Lipinski definition) is 3. The third-order valence-corrected chi connectivity index (χ3v) is 3.93. The Hall–Kier alpha value is -1.33. The lowest BCUT2D eigenvalue weighted by Gasteiger charge is -2.30. The summed E-state index contributed by atoms with van der Waals surface area (Å²) in [6, 6.07) is 3.38. The Morgan fingerprint density at radius 3 is 2.90 bits per heavy atom. The summed E-state index contributed by atoms with van der Waals surface area (Å²) in [7, 11) is 0. The van der Waals surface area contributed by atoms with Crippen molar-refractivity contribution in [3.05, 3.63) is 29.0 Å². The van der Waals surface area contributed by atoms with E-state index in [-0.39, 0.29) is 24.6 Å². The van der Waals surface area contributed by atoms with Crippen molar-refractivity contribution in [2.45, 2.75) is 38.3 Å². The van der Waals surface area contributed by atoms with E-state index in [9.17, 15) is 9.90 Å². The van der Waals surface area contributed by atoms with Gasteiger partial charge in [0.1, 0.15) is 5.15 Å². The topological polar surface area (TPSA) is 74.2 Å². The van der Waals surface area contributed by atoms with Gasteiger partial charge >= 0.3 is 6.03 Å². The minimum atomic E-state index is -0.203. The zero-order chi connectivity index (χ0) is 14.4. The Morgan fingerprint density at radius 1 is 1.40 bits per heavy atom. The molecule has 1 aromatic rings. The van der Waals surface area contributed by atoms with Crippen molar-refractivity contribution in [3.8, 4) is 0 Å². The minimum Gasteiger partial charge on any atom is -0.396 e. The summed E-state index contributed by atoms with van der Waals surface area (Å²) in [5.41, 5.74) is 0.895. The average molecular weight is 298 g/mol. The van der Waals surface area contributed by atoms with Crippen molar-refractivity contribution in [1.82, 2.24) is 15.6 Å². The van der Waals surface area contributed by atoms with E-state index in [1.807, 2.05) is 6.07 Å². The molecule has 0 bridgehead atoms. The van der Waals surface area contributed by atoms with Crippen LogP contribution in [-0.2, 0) is 6.54 Å². The first-order valence-electron chi connectivity index (χ1n) is 6.94. The Morgan fingerprint density at radius 2 is 2.20 bits per heavy atom. The van der Waals surface area contributed by atoms with Gasteiger partial charge in [0.05, 0.1) is 0 Å². The molecule has 0 spiro atoms. The molecule has 2 amide bonds. The van der Waals surface area contributed by atoms with Crippen LogP contribution in [0.3, 0.4) is 0 Å². The van der Waals surface area contributed by atoms with Gasteiger partial charge < -0.3 is 15.7 Å². The molecule has 2 atom stereocenters. The SMILES string of the molecule is O=C(NCc1ccc(Cl)nc1)NC1CCCCC1CO. The van der Waals surface area contributed by atoms with Crippen LogP contribution in [0.2, 0.25) is 5.15 Å². The van der Waals surface area contributed by atoms with Crippen molar-refractivity contribution in [3.63, 3.8) is 0 Å². The number of nitrogens with one attached hydrogen (secondary N) is 2. The van der Waals surface area contributed by atoms with Gasteiger partial charge in [0, 0.05) is 31.3 Å². The van der Waals surface area contributed by atoms with Crippen molar-refractivity contribution < 1.29 is 9.90 Å². The van der Waals surface area contributed by atoms with Gasteiger partial charge in [-0.15, -0.1) is 0 Å². The molecule has 2 rings (SSSR count). The van der Waals surface area contributed by atoms with Crippen molar-refractivity contribution >= 4 is 17.6 Å². The predicted octanol–water partition coefficient (Wildman–Crippen LogP) is 2.09. The normalized spacial score (nSPS) is 22.3. The number of pyridine rings is 1. The van der Waals surface area contributed by atoms with E-state index in [0.29, 0.717) is 11.7 Å². The lowest BCUT2D eigenvalue weighted by molar-refractivity contribution is 0.153. The van der Waals surface area contributed by atoms with Crippen LogP contribution in [0.5, 0.6) is 0 Å². The second-order valence-electron chi connectivity index (χ2n) is 5.15. The van der Waals surface area contributed by atoms with Gasteiger partial charge in [-0.1, -0.05) is 30.5 Å². The third-order valence-electron chi connectivity index (χ3n) is 3.70. The molecule has 0 saturated heterocycles. The number of nitrogens with zero attached hydrogens (tertiary/aromatic N) is 1. The summed E-state index contributed by atoms with van der Waals surface area (Å²) in [6.07, 6.45) is 5.77. The maximum Gasteiger partial charge on any atom is 0.315 e. The zero-order valence-electron chi connectivity index (χ0n) is 11.3. The Balaban J connectivity index is 1.78. The first-order valence-corrected chi connectivity index (χ1v) is 7.32. The number of carbonyl (C=O) groups excluding carboxylic acids is 1. The van der Waals surface area contributed by atoms with Gasteiger partial charge in [-0.25, -0.2) is 9.78 Å². The molecular weight excluding hydrogens is 278 g/mol. The molecule has 1 aromatic heterocycles. The van der Waals surface area contributed by atoms with Crippen molar-refractivity contribution in [2.24, 2.45) is 5.92 Å². The molecule has 1 heterocycles. The maximum absolute atomic E-state index is 11.9. The highest BCUT2D eigenvalue weighted by Crippen LogP contribution is 2.23. The van der Waals surface area contributed by atoms with E-state index in [2.05, 4.69) is 15.6 Å². The molecule has 2 unspecified atom stereocenters. The number of amides is 2. The Bertz CT molecular complexity index is 439. The van der Waals surface area contributed by atoms with Crippen LogP contribution in [-0.4, -0.2) is 28.8 Å². The Labute approximate surface area is 123 Å². The predicted molar refractivity (Wildman–Crippen MR) is 77.5 cm³/mol. The second kappa shape index (κ2) is 7.45. The van der Waals surface area contributed by atoms with Crippen molar-refractivity contribution in [1.29, 1.82) is 0 Å². The number of aliphatic hydroxyl groups excluding tert-OH is 1. The summed E-state index contributed by atoms with van der Waals surface area (Å²) >= 11 is 5.70. The summed E-state index contributed by atoms with van der Waals surface area (Å²) < 4.78 is 0. The van der Waals surface area contributed by atoms with Crippen molar-refractivity contribution in [2.75, 3.05) is 6.61 Å². The van der Waals surface area contributed by atoms with E-state index < -0.39 is 0 Å². The van der Waals surface area contributed by atoms with Crippen LogP contribution in [0.15, 0.2) is 18.3 Å². The highest BCUT2D eigenvalue weighted by Gasteiger charge is 2.25. The molecule has 0 aromatic carbocycles. The maximum atomic E-state index is 11.9. The van der Waals surface area contributed by atoms with Gasteiger partial charge in [-0.2, -0.15) is 0 Å². The number of aromatic nitrogens is 1. The van der Waals surface area contributed by atoms with Gasteiger partial charge in [-0.3, -0.25) is 0 Å². The number of halogens is 1. The summed E-state index contributed by atoms with van der Waals surface area (Å²) in [5, 5.41) is 15.5. The molecule has 5 nitrogen and oxygen atoms in total. The van der Waals surface area contributed by atoms with Gasteiger partial charge in [-0.05, 0) is 24.5 Å². The molecule has 1 saturated carbocycles. The molecule has 1 aliphatic rings. The Kier molecular flexibility index (Phi) is 5.61. The summed E-state index contributed by atoms with van der Waals surface area (Å²) in [5.74, 6) is 0.173. The highest BCUT2D eigenvalue weighted by atomic mass is 35.5. The first-order chi connectivity index (χ1) is 9.69. The molecule has 110 valence electrons. The molecule has 1 fully saturated rings. The van der Waals surface area contributed by atoms with E-state index in [1.165, 1.54) is 0 Å². The van der Waals surface area contributed by atoms with Crippen LogP contribution >= 0.6 is 11.6 Å². The lowest BCUT2D eigenvalue weighted by atomic mass is 9.85. The summed E-state index contributed by atoms with van der Waals surface area (Å²) in [6.45, 7) is 0.540. The van der Waals surface area contributed by atoms with Gasteiger partial charge in [0.2, 0.25) is 0 Å². The number of carbonyl (C=O) groups is 1. The van der Waals surface area contributed by atoms with Crippen LogP contribution in [0, 0.1) is 5.92 Å². The average Bonchev–Trinajstić information content (AvgIpc) is 2.47. The zero-order valence-corrected chi connectivity index (χ0v) is 12.1. The fraction of sp³-hybridized carbons (Fsp3) is 0.571. The van der Waals surface area contributed by atoms with Gasteiger partial charge in [0.25, 0.3) is 0 Å². The molecular formula is C14H20ClN3O2. The smallest absolute Gasteiger partial charge is 0.315 e. The number of aliphatic hydroxyl groups is 1. The highest BCUT2D eigenvalue weighted by molar-refractivity contribution is 6.29. The van der Waals surface area contributed by atoms with Crippen LogP contribution < -0.4 is 10.6 Å². The molecule has 1 aliphatic carbocycles. The van der Waals surface area contributed by atoms with Gasteiger partial charge in [0.15, 0.2) is 0 Å². The van der Waals surface area contributed by atoms with E-state index in [1.54, 1.807) is 12.3 Å². The van der Waals surface area contributed by atoms with Crippen LogP contribution in [0.4, 0.5) is 4.79 Å². The minimum absolute atomic E-state index is 0.0668. The third kappa shape index (κ3) is 4.35. The quantitative estimate of drug-likeness (QED) is 0.745. The fourth-order valence-electron chi connectivity index (χ4n) is 2.53. The second-order valence-corrected chi connectivity index (χ2v) is 5.54. The number of urea groups is 1. The van der Waals surface area contributed by atoms with E-state index >= 15 is 0 Å². The molecule has 0 radical (unpaired) electrons. The lowest BCUT2D eigenvalue weighted by Crippen LogP contribution is -2.47. The largest absolute Gasteiger partial charge is 0.396 e. The standard InChI is InChI=1S/C14H20ClN3O2/c15-13-6-5-10(7-16-13)8-17-14(20)18-12-4-2-1-3-11(12)9-19/h5-7,11-12,19H,1-4,8-9H2,(H2,17,18,20). The molecule has 6 heteroatoms. The summed E-state index contributed by atoms with van der Waals surface area (Å²) in [4.78, 5) is 15.8. The number of rotatable bonds is 4. The van der Waals surface area contributed by atoms with E-state index in [0.717, 1.165) is 31.2 Å².